The average molecular weight is 460 g/mol. The van der Waals surface area contributed by atoms with Crippen LogP contribution in [0.2, 0.25) is 0 Å². The van der Waals surface area contributed by atoms with Crippen LogP contribution in [0.15, 0.2) is 47.5 Å². The predicted molar refractivity (Wildman–Crippen MR) is 92.9 cm³/mol. The number of hydrogen-bond acceptors (Lipinski definition) is 2. The third kappa shape index (κ3) is 3.41. The maximum absolute atomic E-state index is 14.4. The lowest BCUT2D eigenvalue weighted by molar-refractivity contribution is -0.138. The second kappa shape index (κ2) is 6.90. The summed E-state index contributed by atoms with van der Waals surface area (Å²) in [4.78, 5) is 24.9. The summed E-state index contributed by atoms with van der Waals surface area (Å²) in [5, 5.41) is 4.31. The average Bonchev–Trinajstić information content (AvgIpc) is 3.19. The number of carbonyl (C=O) groups is 2. The van der Waals surface area contributed by atoms with Crippen LogP contribution in [0.3, 0.4) is 0 Å². The Labute approximate surface area is 173 Å². The SMILES string of the molecule is O=C1NC(c2ccc(C(F)(F)F)cc2F)=C2C(=O)NC(c3ccc(C(F)(F)F)cc3F)=C12. The van der Waals surface area contributed by atoms with Gasteiger partial charge in [0.2, 0.25) is 0 Å². The summed E-state index contributed by atoms with van der Waals surface area (Å²) in [6, 6.07) is 2.88. The number of nitrogens with one attached hydrogen (secondary N) is 2. The first-order chi connectivity index (χ1) is 14.8. The zero-order valence-electron chi connectivity index (χ0n) is 15.3. The van der Waals surface area contributed by atoms with Crippen LogP contribution < -0.4 is 10.6 Å². The highest BCUT2D eigenvalue weighted by Crippen LogP contribution is 2.40. The number of alkyl halides is 6. The van der Waals surface area contributed by atoms with E-state index in [4.69, 9.17) is 0 Å². The molecule has 4 rings (SSSR count). The van der Waals surface area contributed by atoms with Gasteiger partial charge in [0.1, 0.15) is 11.6 Å². The smallest absolute Gasteiger partial charge is 0.320 e. The van der Waals surface area contributed by atoms with Crippen LogP contribution in [-0.4, -0.2) is 11.8 Å². The van der Waals surface area contributed by atoms with Crippen molar-refractivity contribution in [2.45, 2.75) is 12.4 Å². The van der Waals surface area contributed by atoms with E-state index in [1.165, 1.54) is 0 Å². The van der Waals surface area contributed by atoms with Gasteiger partial charge in [0.25, 0.3) is 11.8 Å². The van der Waals surface area contributed by atoms with Gasteiger partial charge in [-0.1, -0.05) is 0 Å². The van der Waals surface area contributed by atoms with Gasteiger partial charge < -0.3 is 10.6 Å². The molecule has 0 fully saturated rings. The van der Waals surface area contributed by atoms with E-state index >= 15 is 0 Å². The zero-order valence-corrected chi connectivity index (χ0v) is 15.3. The second-order valence-corrected chi connectivity index (χ2v) is 6.79. The van der Waals surface area contributed by atoms with Gasteiger partial charge in [-0.25, -0.2) is 8.78 Å². The Morgan fingerprint density at radius 3 is 1.22 bits per heavy atom. The van der Waals surface area contributed by atoms with E-state index in [0.717, 1.165) is 0 Å². The minimum Gasteiger partial charge on any atom is -0.320 e. The number of fused-ring (bicyclic) bond motifs is 1. The van der Waals surface area contributed by atoms with Crippen LogP contribution in [0.5, 0.6) is 0 Å². The highest BCUT2D eigenvalue weighted by atomic mass is 19.4. The van der Waals surface area contributed by atoms with Crippen molar-refractivity contribution in [1.29, 1.82) is 0 Å². The lowest BCUT2D eigenvalue weighted by Gasteiger charge is -2.12. The predicted octanol–water partition coefficient (Wildman–Crippen LogP) is 4.38. The highest BCUT2D eigenvalue weighted by molar-refractivity contribution is 6.30. The molecule has 0 radical (unpaired) electrons. The van der Waals surface area contributed by atoms with E-state index in [2.05, 4.69) is 10.6 Å². The first kappa shape index (κ1) is 21.5. The molecule has 12 heteroatoms. The van der Waals surface area contributed by atoms with Gasteiger partial charge in [0.05, 0.1) is 33.7 Å². The van der Waals surface area contributed by atoms with Gasteiger partial charge in [0, 0.05) is 11.1 Å². The Hall–Kier alpha value is -3.70. The molecule has 4 nitrogen and oxygen atoms in total. The molecule has 0 saturated heterocycles. The molecule has 2 aliphatic rings. The Morgan fingerprint density at radius 2 is 0.938 bits per heavy atom. The molecule has 0 spiro atoms. The summed E-state index contributed by atoms with van der Waals surface area (Å²) >= 11 is 0. The van der Waals surface area contributed by atoms with Crippen molar-refractivity contribution in [3.63, 3.8) is 0 Å². The van der Waals surface area contributed by atoms with Crippen molar-refractivity contribution in [2.75, 3.05) is 0 Å². The monoisotopic (exact) mass is 460 g/mol. The fraction of sp³-hybridized carbons (Fsp3) is 0.100. The molecule has 2 amide bonds. The van der Waals surface area contributed by atoms with Crippen LogP contribution in [0.1, 0.15) is 22.3 Å². The van der Waals surface area contributed by atoms with E-state index in [1.807, 2.05) is 0 Å². The van der Waals surface area contributed by atoms with Crippen molar-refractivity contribution in [3.8, 4) is 0 Å². The molecule has 32 heavy (non-hydrogen) atoms. The maximum Gasteiger partial charge on any atom is 0.416 e. The quantitative estimate of drug-likeness (QED) is 0.654. The van der Waals surface area contributed by atoms with Gasteiger partial charge in [-0.15, -0.1) is 0 Å². The number of carbonyl (C=O) groups excluding carboxylic acids is 2. The Bertz CT molecular complexity index is 1160. The molecular weight excluding hydrogens is 452 g/mol. The van der Waals surface area contributed by atoms with E-state index < -0.39 is 80.6 Å². The number of halogens is 8. The van der Waals surface area contributed by atoms with Gasteiger partial charge in [0.15, 0.2) is 0 Å². The van der Waals surface area contributed by atoms with Crippen LogP contribution in [0.25, 0.3) is 11.4 Å². The minimum absolute atomic E-state index is 0.181. The Morgan fingerprint density at radius 1 is 0.594 bits per heavy atom. The topological polar surface area (TPSA) is 58.2 Å². The fourth-order valence-corrected chi connectivity index (χ4v) is 3.37. The van der Waals surface area contributed by atoms with Crippen LogP contribution in [0, 0.1) is 11.6 Å². The molecule has 0 aromatic heterocycles. The number of benzene rings is 2. The van der Waals surface area contributed by atoms with Crippen molar-refractivity contribution >= 4 is 23.2 Å². The second-order valence-electron chi connectivity index (χ2n) is 6.79. The molecule has 0 saturated carbocycles. The molecule has 2 aromatic carbocycles. The summed E-state index contributed by atoms with van der Waals surface area (Å²) in [7, 11) is 0. The molecule has 2 aromatic rings. The van der Waals surface area contributed by atoms with Crippen LogP contribution in [0.4, 0.5) is 35.1 Å². The van der Waals surface area contributed by atoms with Crippen molar-refractivity contribution in [1.82, 2.24) is 10.6 Å². The first-order valence-electron chi connectivity index (χ1n) is 8.65. The third-order valence-electron chi connectivity index (χ3n) is 4.81. The molecule has 2 N–H and O–H groups in total. The van der Waals surface area contributed by atoms with Gasteiger partial charge >= 0.3 is 12.4 Å². The van der Waals surface area contributed by atoms with E-state index in [0.29, 0.717) is 24.3 Å². The molecule has 0 aliphatic carbocycles. The summed E-state index contributed by atoms with van der Waals surface area (Å²) < 4.78 is 105. The van der Waals surface area contributed by atoms with E-state index in [-0.39, 0.29) is 12.1 Å². The van der Waals surface area contributed by atoms with E-state index in [9.17, 15) is 44.7 Å². The van der Waals surface area contributed by atoms with Gasteiger partial charge in [-0.3, -0.25) is 9.59 Å². The molecule has 2 heterocycles. The summed E-state index contributed by atoms with van der Waals surface area (Å²) in [6.07, 6.45) is -9.67. The van der Waals surface area contributed by atoms with Gasteiger partial charge in [-0.2, -0.15) is 26.3 Å². The number of amides is 2. The summed E-state index contributed by atoms with van der Waals surface area (Å²) in [5.41, 5.74) is -5.49. The lowest BCUT2D eigenvalue weighted by Crippen LogP contribution is -2.22. The summed E-state index contributed by atoms with van der Waals surface area (Å²) in [5.74, 6) is -4.79. The van der Waals surface area contributed by atoms with Crippen molar-refractivity contribution < 1.29 is 44.7 Å². The van der Waals surface area contributed by atoms with Crippen molar-refractivity contribution in [3.05, 3.63) is 81.4 Å². The highest BCUT2D eigenvalue weighted by Gasteiger charge is 2.43. The number of hydrogen-bond donors (Lipinski definition) is 2. The zero-order chi connectivity index (χ0) is 23.6. The maximum atomic E-state index is 14.4. The Kier molecular flexibility index (Phi) is 4.64. The van der Waals surface area contributed by atoms with Crippen LogP contribution in [-0.2, 0) is 21.9 Å². The largest absolute Gasteiger partial charge is 0.416 e. The van der Waals surface area contributed by atoms with E-state index in [1.54, 1.807) is 0 Å². The number of rotatable bonds is 2. The molecule has 0 unspecified atom stereocenters. The fourth-order valence-electron chi connectivity index (χ4n) is 3.37. The Balaban J connectivity index is 1.85. The molecule has 0 atom stereocenters. The third-order valence-corrected chi connectivity index (χ3v) is 4.81. The minimum atomic E-state index is -4.83. The molecule has 0 bridgehead atoms. The van der Waals surface area contributed by atoms with Crippen molar-refractivity contribution in [2.24, 2.45) is 0 Å². The van der Waals surface area contributed by atoms with Crippen LogP contribution >= 0.6 is 0 Å². The standard InChI is InChI=1S/C20H8F8N2O2/c21-11-5-7(19(23,24)25)1-3-9(11)15-13-14(18(32)29-15)16(30-17(13)31)10-4-2-8(6-12(10)22)20(26,27)28/h1-6H,(H,29,32)(H,30,31). The van der Waals surface area contributed by atoms with Gasteiger partial charge in [-0.05, 0) is 36.4 Å². The first-order valence-corrected chi connectivity index (χ1v) is 8.65. The lowest BCUT2D eigenvalue weighted by atomic mass is 10.00. The summed E-state index contributed by atoms with van der Waals surface area (Å²) in [6.45, 7) is 0. The normalized spacial score (nSPS) is 16.5. The molecule has 2 aliphatic heterocycles. The molecular formula is C20H8F8N2O2. The molecule has 166 valence electrons.